The molecule has 0 radical (unpaired) electrons. The zero-order chi connectivity index (χ0) is 22.0. The lowest BCUT2D eigenvalue weighted by Gasteiger charge is -2.19. The maximum absolute atomic E-state index is 14.5. The number of aromatic nitrogens is 2. The van der Waals surface area contributed by atoms with Crippen LogP contribution in [0.3, 0.4) is 0 Å². The molecule has 31 heavy (non-hydrogen) atoms. The van der Waals surface area contributed by atoms with Crippen molar-refractivity contribution in [3.8, 4) is 0 Å². The number of halogens is 2. The van der Waals surface area contributed by atoms with E-state index in [1.807, 2.05) is 0 Å². The van der Waals surface area contributed by atoms with Gasteiger partial charge in [0.15, 0.2) is 0 Å². The Morgan fingerprint density at radius 1 is 1.35 bits per heavy atom. The molecule has 1 saturated heterocycles. The van der Waals surface area contributed by atoms with Gasteiger partial charge < -0.3 is 9.84 Å². The van der Waals surface area contributed by atoms with Gasteiger partial charge in [0.2, 0.25) is 0 Å². The number of nitrogens with zero attached hydrogens (tertiary/aromatic N) is 3. The minimum Gasteiger partial charge on any atom is -0.385 e. The summed E-state index contributed by atoms with van der Waals surface area (Å²) >= 11 is 0. The number of rotatable bonds is 4. The molecule has 0 saturated carbocycles. The summed E-state index contributed by atoms with van der Waals surface area (Å²) in [5.74, 6) is -1.20. The number of carbonyl (C=O) groups is 1. The van der Waals surface area contributed by atoms with Crippen molar-refractivity contribution in [1.82, 2.24) is 9.97 Å². The molecule has 160 valence electrons. The number of aliphatic hydroxyl groups excluding tert-OH is 1. The van der Waals surface area contributed by atoms with Crippen LogP contribution in [-0.2, 0) is 11.2 Å². The number of hydrogen-bond donors (Lipinski definition) is 1. The number of para-hydroxylation sites is 1. The molecule has 1 aliphatic rings. The van der Waals surface area contributed by atoms with E-state index < -0.39 is 24.0 Å². The van der Waals surface area contributed by atoms with Crippen LogP contribution in [0, 0.1) is 5.82 Å². The summed E-state index contributed by atoms with van der Waals surface area (Å²) in [5.41, 5.74) is 2.16. The molecule has 3 heterocycles. The van der Waals surface area contributed by atoms with Crippen LogP contribution in [0.15, 0.2) is 47.6 Å². The first-order valence-corrected chi connectivity index (χ1v) is 9.97. The lowest BCUT2D eigenvalue weighted by molar-refractivity contribution is 0.0523. The number of aliphatic hydroxyl groups is 1. The number of pyridine rings is 2. The number of amides is 1. The van der Waals surface area contributed by atoms with Crippen LogP contribution in [0.2, 0.25) is 0 Å². The van der Waals surface area contributed by atoms with Crippen LogP contribution >= 0.6 is 0 Å². The van der Waals surface area contributed by atoms with E-state index in [1.165, 1.54) is 13.0 Å². The summed E-state index contributed by atoms with van der Waals surface area (Å²) in [6.45, 7) is 1.86. The Labute approximate surface area is 177 Å². The number of hydrogen-bond acceptors (Lipinski definition) is 5. The average molecular weight is 425 g/mol. The number of aliphatic imine (C=N–C) groups is 1. The number of ether oxygens (including phenoxy) is 1. The first-order chi connectivity index (χ1) is 14.9. The Morgan fingerprint density at radius 2 is 2.19 bits per heavy atom. The van der Waals surface area contributed by atoms with Gasteiger partial charge in [0.1, 0.15) is 29.3 Å². The smallest absolute Gasteiger partial charge is 0.295 e. The highest BCUT2D eigenvalue weighted by atomic mass is 19.1. The topological polar surface area (TPSA) is 84.7 Å². The molecule has 2 atom stereocenters. The van der Waals surface area contributed by atoms with E-state index >= 15 is 0 Å². The van der Waals surface area contributed by atoms with Crippen molar-refractivity contribution < 1.29 is 23.4 Å². The molecular formula is C23H21F2N3O3. The molecule has 0 spiro atoms. The van der Waals surface area contributed by atoms with Gasteiger partial charge in [-0.2, -0.15) is 0 Å². The summed E-state index contributed by atoms with van der Waals surface area (Å²) in [5, 5.41) is 10.5. The standard InChI is InChI=1S/C23H21F2N3O3/c1-13(24)18-6-5-14(11-26-18)9-15-10-20(27-22-16(15)3-2-4-17(22)25)23(30)28-19-7-8-31-12-21(19)29/h2-6,10-11,13,21,29H,7-9,12H2,1H3/t13?,21-/m0/s1. The van der Waals surface area contributed by atoms with Gasteiger partial charge in [-0.25, -0.2) is 18.8 Å². The van der Waals surface area contributed by atoms with Crippen LogP contribution in [-0.4, -0.2) is 46.0 Å². The predicted molar refractivity (Wildman–Crippen MR) is 111 cm³/mol. The van der Waals surface area contributed by atoms with E-state index in [0.29, 0.717) is 41.8 Å². The Kier molecular flexibility index (Phi) is 6.11. The van der Waals surface area contributed by atoms with Crippen molar-refractivity contribution in [2.45, 2.75) is 32.0 Å². The van der Waals surface area contributed by atoms with Gasteiger partial charge in [0.05, 0.1) is 24.6 Å². The molecule has 2 aromatic heterocycles. The molecule has 1 aromatic carbocycles. The van der Waals surface area contributed by atoms with E-state index in [9.17, 15) is 18.7 Å². The second-order valence-electron chi connectivity index (χ2n) is 7.44. The lowest BCUT2D eigenvalue weighted by atomic mass is 10.0. The molecule has 4 rings (SSSR count). The number of alkyl halides is 1. The number of carbonyl (C=O) groups excluding carboxylic acids is 1. The van der Waals surface area contributed by atoms with Gasteiger partial charge in [-0.15, -0.1) is 0 Å². The van der Waals surface area contributed by atoms with Crippen molar-refractivity contribution in [2.75, 3.05) is 13.2 Å². The van der Waals surface area contributed by atoms with Crippen LogP contribution in [0.1, 0.15) is 46.8 Å². The zero-order valence-corrected chi connectivity index (χ0v) is 16.9. The molecule has 1 aliphatic heterocycles. The van der Waals surface area contributed by atoms with Crippen LogP contribution in [0.4, 0.5) is 8.78 Å². The summed E-state index contributed by atoms with van der Waals surface area (Å²) in [6, 6.07) is 9.52. The van der Waals surface area contributed by atoms with Gasteiger partial charge in [-0.3, -0.25) is 9.78 Å². The molecular weight excluding hydrogens is 404 g/mol. The van der Waals surface area contributed by atoms with Gasteiger partial charge in [-0.1, -0.05) is 18.2 Å². The molecule has 1 amide bonds. The monoisotopic (exact) mass is 425 g/mol. The van der Waals surface area contributed by atoms with Crippen molar-refractivity contribution in [2.24, 2.45) is 4.99 Å². The molecule has 0 aliphatic carbocycles. The third kappa shape index (κ3) is 4.65. The minimum absolute atomic E-state index is 0.0132. The van der Waals surface area contributed by atoms with Crippen molar-refractivity contribution in [3.63, 3.8) is 0 Å². The maximum atomic E-state index is 14.5. The van der Waals surface area contributed by atoms with Crippen LogP contribution in [0.25, 0.3) is 10.9 Å². The first-order valence-electron chi connectivity index (χ1n) is 9.97. The molecule has 3 aromatic rings. The first kappa shape index (κ1) is 21.1. The highest BCUT2D eigenvalue weighted by Crippen LogP contribution is 2.24. The van der Waals surface area contributed by atoms with Crippen LogP contribution < -0.4 is 0 Å². The second-order valence-corrected chi connectivity index (χ2v) is 7.44. The maximum Gasteiger partial charge on any atom is 0.295 e. The van der Waals surface area contributed by atoms with Gasteiger partial charge in [0, 0.05) is 18.0 Å². The fraction of sp³-hybridized carbons (Fsp3) is 0.304. The van der Waals surface area contributed by atoms with E-state index in [-0.39, 0.29) is 17.8 Å². The van der Waals surface area contributed by atoms with E-state index in [1.54, 1.807) is 36.5 Å². The minimum atomic E-state index is -1.17. The number of fused-ring (bicyclic) bond motifs is 1. The van der Waals surface area contributed by atoms with E-state index in [0.717, 1.165) is 5.56 Å². The second kappa shape index (κ2) is 8.95. The Balaban J connectivity index is 1.73. The van der Waals surface area contributed by atoms with Crippen molar-refractivity contribution in [3.05, 3.63) is 70.9 Å². The Hall–Kier alpha value is -3.10. The van der Waals surface area contributed by atoms with Gasteiger partial charge >= 0.3 is 0 Å². The zero-order valence-electron chi connectivity index (χ0n) is 16.9. The molecule has 1 N–H and O–H groups in total. The fourth-order valence-corrected chi connectivity index (χ4v) is 3.49. The predicted octanol–water partition coefficient (Wildman–Crippen LogP) is 3.75. The quantitative estimate of drug-likeness (QED) is 0.688. The summed E-state index contributed by atoms with van der Waals surface area (Å²) in [4.78, 5) is 25.1. The highest BCUT2D eigenvalue weighted by molar-refractivity contribution is 6.05. The third-order valence-electron chi connectivity index (χ3n) is 5.15. The molecule has 1 unspecified atom stereocenters. The van der Waals surface area contributed by atoms with Crippen LogP contribution in [0.5, 0.6) is 0 Å². The van der Waals surface area contributed by atoms with Gasteiger partial charge in [-0.05, 0) is 42.7 Å². The lowest BCUT2D eigenvalue weighted by Crippen LogP contribution is -2.33. The molecule has 0 bridgehead atoms. The average Bonchev–Trinajstić information content (AvgIpc) is 2.76. The third-order valence-corrected chi connectivity index (χ3v) is 5.15. The molecule has 1 fully saturated rings. The van der Waals surface area contributed by atoms with Gasteiger partial charge in [0.25, 0.3) is 5.91 Å². The summed E-state index contributed by atoms with van der Waals surface area (Å²) in [7, 11) is 0. The molecule has 6 nitrogen and oxygen atoms in total. The molecule has 8 heteroatoms. The van der Waals surface area contributed by atoms with Crippen molar-refractivity contribution >= 4 is 22.5 Å². The SMILES string of the molecule is CC(F)c1ccc(Cc2cc(C(=O)N=C3CCOC[C@@H]3O)nc3c(F)cccc23)cn1. The Bertz CT molecular complexity index is 1150. The fourth-order valence-electron chi connectivity index (χ4n) is 3.49. The normalized spacial score (nSPS) is 19.0. The highest BCUT2D eigenvalue weighted by Gasteiger charge is 2.21. The van der Waals surface area contributed by atoms with Crippen molar-refractivity contribution in [1.29, 1.82) is 0 Å². The summed E-state index contributed by atoms with van der Waals surface area (Å²) < 4.78 is 33.1. The largest absolute Gasteiger partial charge is 0.385 e. The number of benzene rings is 1. The Morgan fingerprint density at radius 3 is 2.90 bits per heavy atom. The summed E-state index contributed by atoms with van der Waals surface area (Å²) in [6.07, 6.45) is 0.138. The van der Waals surface area contributed by atoms with E-state index in [4.69, 9.17) is 4.74 Å². The van der Waals surface area contributed by atoms with E-state index in [2.05, 4.69) is 15.0 Å².